The predicted octanol–water partition coefficient (Wildman–Crippen LogP) is 3.02. The van der Waals surface area contributed by atoms with Crippen LogP contribution in [0.2, 0.25) is 0 Å². The van der Waals surface area contributed by atoms with Gasteiger partial charge in [-0.3, -0.25) is 4.79 Å². The summed E-state index contributed by atoms with van der Waals surface area (Å²) >= 11 is 0. The van der Waals surface area contributed by atoms with E-state index in [1.54, 1.807) is 36.7 Å². The van der Waals surface area contributed by atoms with Crippen molar-refractivity contribution in [2.24, 2.45) is 7.05 Å². The largest absolute Gasteiger partial charge is 0.339 e. The topological polar surface area (TPSA) is 73.8 Å². The fourth-order valence-corrected chi connectivity index (χ4v) is 2.88. The van der Waals surface area contributed by atoms with E-state index in [1.807, 2.05) is 12.1 Å². The van der Waals surface area contributed by atoms with Gasteiger partial charge in [0, 0.05) is 12.6 Å². The van der Waals surface area contributed by atoms with Gasteiger partial charge in [-0.15, -0.1) is 0 Å². The van der Waals surface area contributed by atoms with Crippen LogP contribution < -0.4 is 5.56 Å². The van der Waals surface area contributed by atoms with Crippen LogP contribution in [0.15, 0.2) is 51.8 Å². The van der Waals surface area contributed by atoms with Gasteiger partial charge in [-0.2, -0.15) is 4.98 Å². The number of hydrogen-bond acceptors (Lipinski definition) is 5. The average Bonchev–Trinajstić information content (AvgIpc) is 3.08. The number of aromatic nitrogens is 4. The Bertz CT molecular complexity index is 1180. The maximum atomic E-state index is 13.3. The number of fused-ring (bicyclic) bond motifs is 1. The fraction of sp³-hybridized carbons (Fsp3) is 0.158. The molecule has 0 fully saturated rings. The lowest BCUT2D eigenvalue weighted by molar-refractivity contribution is 0.385. The van der Waals surface area contributed by atoms with E-state index in [2.05, 4.69) is 15.1 Å². The number of halogens is 1. The van der Waals surface area contributed by atoms with Crippen LogP contribution in [0.5, 0.6) is 0 Å². The van der Waals surface area contributed by atoms with Gasteiger partial charge in [-0.05, 0) is 42.8 Å². The Morgan fingerprint density at radius 1 is 1.15 bits per heavy atom. The molecule has 0 spiro atoms. The van der Waals surface area contributed by atoms with Crippen molar-refractivity contribution in [2.45, 2.75) is 13.3 Å². The van der Waals surface area contributed by atoms with Crippen molar-refractivity contribution in [2.75, 3.05) is 0 Å². The summed E-state index contributed by atoms with van der Waals surface area (Å²) < 4.78 is 20.1. The SMILES string of the molecule is Cc1nc2cc(-c3noc(Cc4cccc(F)c4)n3)ccc2n(C)c1=O. The molecule has 26 heavy (non-hydrogen) atoms. The van der Waals surface area contributed by atoms with E-state index in [-0.39, 0.29) is 11.4 Å². The van der Waals surface area contributed by atoms with E-state index >= 15 is 0 Å². The number of benzene rings is 2. The quantitative estimate of drug-likeness (QED) is 0.568. The molecule has 0 bridgehead atoms. The third-order valence-corrected chi connectivity index (χ3v) is 4.21. The van der Waals surface area contributed by atoms with E-state index in [1.165, 1.54) is 12.1 Å². The second-order valence-electron chi connectivity index (χ2n) is 6.08. The first-order chi connectivity index (χ1) is 12.5. The third kappa shape index (κ3) is 2.88. The van der Waals surface area contributed by atoms with Crippen LogP contribution in [0.4, 0.5) is 4.39 Å². The van der Waals surface area contributed by atoms with E-state index in [9.17, 15) is 9.18 Å². The summed E-state index contributed by atoms with van der Waals surface area (Å²) in [6.07, 6.45) is 0.351. The van der Waals surface area contributed by atoms with Gasteiger partial charge in [0.05, 0.1) is 17.5 Å². The van der Waals surface area contributed by atoms with Crippen LogP contribution in [0.1, 0.15) is 17.1 Å². The summed E-state index contributed by atoms with van der Waals surface area (Å²) in [5.41, 5.74) is 3.20. The highest BCUT2D eigenvalue weighted by Crippen LogP contribution is 2.21. The first kappa shape index (κ1) is 16.1. The molecule has 0 atom stereocenters. The second-order valence-corrected chi connectivity index (χ2v) is 6.08. The van der Waals surface area contributed by atoms with E-state index in [0.717, 1.165) is 16.6 Å². The summed E-state index contributed by atoms with van der Waals surface area (Å²) in [7, 11) is 1.71. The van der Waals surface area contributed by atoms with E-state index in [0.29, 0.717) is 29.3 Å². The lowest BCUT2D eigenvalue weighted by Crippen LogP contribution is -2.21. The van der Waals surface area contributed by atoms with Crippen molar-refractivity contribution in [3.63, 3.8) is 0 Å². The fourth-order valence-electron chi connectivity index (χ4n) is 2.88. The highest BCUT2D eigenvalue weighted by atomic mass is 19.1. The van der Waals surface area contributed by atoms with Crippen LogP contribution in [-0.2, 0) is 13.5 Å². The summed E-state index contributed by atoms with van der Waals surface area (Å²) in [5.74, 6) is 0.519. The van der Waals surface area contributed by atoms with Gasteiger partial charge in [0.15, 0.2) is 0 Å². The lowest BCUT2D eigenvalue weighted by Gasteiger charge is -2.06. The number of rotatable bonds is 3. The van der Waals surface area contributed by atoms with Crippen molar-refractivity contribution < 1.29 is 8.91 Å². The Morgan fingerprint density at radius 3 is 2.81 bits per heavy atom. The maximum absolute atomic E-state index is 13.3. The van der Waals surface area contributed by atoms with Gasteiger partial charge in [0.2, 0.25) is 11.7 Å². The highest BCUT2D eigenvalue weighted by molar-refractivity contribution is 5.80. The molecule has 2 aromatic heterocycles. The minimum atomic E-state index is -0.302. The normalized spacial score (nSPS) is 11.2. The molecule has 0 amide bonds. The van der Waals surface area contributed by atoms with Gasteiger partial charge in [-0.25, -0.2) is 9.37 Å². The highest BCUT2D eigenvalue weighted by Gasteiger charge is 2.12. The Hall–Kier alpha value is -3.35. The molecule has 0 saturated carbocycles. The molecule has 2 heterocycles. The standard InChI is InChI=1S/C19H15FN4O2/c1-11-19(25)24(2)16-7-6-13(10-15(16)21-11)18-22-17(26-23-18)9-12-4-3-5-14(20)8-12/h3-8,10H,9H2,1-2H3. The molecule has 7 heteroatoms. The van der Waals surface area contributed by atoms with E-state index in [4.69, 9.17) is 4.52 Å². The molecular weight excluding hydrogens is 335 g/mol. The zero-order valence-electron chi connectivity index (χ0n) is 14.2. The molecule has 0 saturated heterocycles. The summed E-state index contributed by atoms with van der Waals surface area (Å²) in [6, 6.07) is 11.7. The molecule has 4 rings (SSSR count). The molecule has 6 nitrogen and oxygen atoms in total. The van der Waals surface area contributed by atoms with Crippen LogP contribution >= 0.6 is 0 Å². The summed E-state index contributed by atoms with van der Waals surface area (Å²) in [6.45, 7) is 1.68. The minimum Gasteiger partial charge on any atom is -0.339 e. The molecule has 0 aliphatic rings. The van der Waals surface area contributed by atoms with E-state index < -0.39 is 0 Å². The van der Waals surface area contributed by atoms with Crippen molar-refractivity contribution in [3.8, 4) is 11.4 Å². The zero-order chi connectivity index (χ0) is 18.3. The third-order valence-electron chi connectivity index (χ3n) is 4.21. The molecule has 0 N–H and O–H groups in total. The second kappa shape index (κ2) is 6.18. The van der Waals surface area contributed by atoms with Gasteiger partial charge < -0.3 is 9.09 Å². The van der Waals surface area contributed by atoms with Crippen molar-refractivity contribution >= 4 is 11.0 Å². The molecule has 0 aliphatic carbocycles. The van der Waals surface area contributed by atoms with Crippen LogP contribution in [-0.4, -0.2) is 19.7 Å². The molecule has 4 aromatic rings. The first-order valence-corrected chi connectivity index (χ1v) is 8.06. The first-order valence-electron chi connectivity index (χ1n) is 8.06. The number of nitrogens with zero attached hydrogens (tertiary/aromatic N) is 4. The van der Waals surface area contributed by atoms with Gasteiger partial charge in [-0.1, -0.05) is 17.3 Å². The molecule has 2 aromatic carbocycles. The predicted molar refractivity (Wildman–Crippen MR) is 94.2 cm³/mol. The number of hydrogen-bond donors (Lipinski definition) is 0. The lowest BCUT2D eigenvalue weighted by atomic mass is 10.1. The van der Waals surface area contributed by atoms with Crippen LogP contribution in [0, 0.1) is 12.7 Å². The Kier molecular flexibility index (Phi) is 3.84. The Labute approximate surface area is 147 Å². The van der Waals surface area contributed by atoms with Gasteiger partial charge in [0.25, 0.3) is 5.56 Å². The smallest absolute Gasteiger partial charge is 0.272 e. The Balaban J connectivity index is 1.69. The molecule has 0 aliphatic heterocycles. The van der Waals surface area contributed by atoms with Crippen LogP contribution in [0.25, 0.3) is 22.4 Å². The van der Waals surface area contributed by atoms with Crippen LogP contribution in [0.3, 0.4) is 0 Å². The monoisotopic (exact) mass is 350 g/mol. The zero-order valence-corrected chi connectivity index (χ0v) is 14.2. The summed E-state index contributed by atoms with van der Waals surface area (Å²) in [5, 5.41) is 4.00. The summed E-state index contributed by atoms with van der Waals surface area (Å²) in [4.78, 5) is 20.7. The maximum Gasteiger partial charge on any atom is 0.272 e. The minimum absolute atomic E-state index is 0.123. The number of aryl methyl sites for hydroxylation is 2. The van der Waals surface area contributed by atoms with Gasteiger partial charge >= 0.3 is 0 Å². The average molecular weight is 350 g/mol. The molecule has 0 radical (unpaired) electrons. The van der Waals surface area contributed by atoms with Crippen molar-refractivity contribution in [1.82, 2.24) is 19.7 Å². The Morgan fingerprint density at radius 2 is 2.00 bits per heavy atom. The van der Waals surface area contributed by atoms with Crippen molar-refractivity contribution in [3.05, 3.63) is 75.8 Å². The molecular formula is C19H15FN4O2. The van der Waals surface area contributed by atoms with Crippen molar-refractivity contribution in [1.29, 1.82) is 0 Å². The van der Waals surface area contributed by atoms with Gasteiger partial charge in [0.1, 0.15) is 11.5 Å². The molecule has 0 unspecified atom stereocenters. The molecule has 130 valence electrons.